The third kappa shape index (κ3) is 3.91. The lowest BCUT2D eigenvalue weighted by molar-refractivity contribution is -0.134. The maximum Gasteiger partial charge on any atom is 0.271 e. The summed E-state index contributed by atoms with van der Waals surface area (Å²) < 4.78 is 1.89. The molecule has 3 amide bonds. The van der Waals surface area contributed by atoms with Crippen LogP contribution < -0.4 is 10.6 Å². The van der Waals surface area contributed by atoms with Crippen LogP contribution in [0.15, 0.2) is 60.7 Å². The number of carbonyl (C=O) groups is 3. The van der Waals surface area contributed by atoms with Crippen molar-refractivity contribution < 1.29 is 14.4 Å². The molecule has 2 N–H and O–H groups in total. The molecule has 1 atom stereocenters. The lowest BCUT2D eigenvalue weighted by Crippen LogP contribution is -2.63. The Balaban J connectivity index is 1.39. The van der Waals surface area contributed by atoms with E-state index in [1.807, 2.05) is 65.2 Å². The second-order valence-corrected chi connectivity index (χ2v) is 8.08. The SMILES string of the molecule is CN1C(=O)c2cc3ccccc3n2CC1(C)C(=O)NCC(=O)NCCc1ccccc1. The average Bonchev–Trinajstić information content (AvgIpc) is 3.15. The molecule has 2 heterocycles. The second kappa shape index (κ2) is 8.26. The number of fused-ring (bicyclic) bond motifs is 3. The molecule has 0 aliphatic carbocycles. The Morgan fingerprint density at radius 3 is 2.52 bits per heavy atom. The zero-order valence-electron chi connectivity index (χ0n) is 17.7. The second-order valence-electron chi connectivity index (χ2n) is 8.08. The molecule has 0 bridgehead atoms. The van der Waals surface area contributed by atoms with Crippen LogP contribution in [0, 0.1) is 0 Å². The number of para-hydroxylation sites is 1. The van der Waals surface area contributed by atoms with Gasteiger partial charge in [0.2, 0.25) is 11.8 Å². The Labute approximate surface area is 181 Å². The van der Waals surface area contributed by atoms with Crippen LogP contribution in [-0.4, -0.2) is 52.9 Å². The van der Waals surface area contributed by atoms with E-state index in [1.165, 1.54) is 4.90 Å². The number of nitrogens with zero attached hydrogens (tertiary/aromatic N) is 2. The molecule has 1 aliphatic rings. The zero-order chi connectivity index (χ0) is 22.0. The molecule has 1 unspecified atom stereocenters. The standard InChI is InChI=1S/C24H26N4O3/c1-24(23(31)26-15-21(29)25-13-12-17-8-4-3-5-9-17)16-28-19-11-7-6-10-18(19)14-20(28)22(30)27(24)2/h3-11,14H,12-13,15-16H2,1-2H3,(H,25,29)(H,26,31). The van der Waals surface area contributed by atoms with E-state index in [9.17, 15) is 14.4 Å². The van der Waals surface area contributed by atoms with Gasteiger partial charge in [0.15, 0.2) is 0 Å². The van der Waals surface area contributed by atoms with Gasteiger partial charge in [-0.25, -0.2) is 0 Å². The highest BCUT2D eigenvalue weighted by Crippen LogP contribution is 2.31. The minimum Gasteiger partial charge on any atom is -0.354 e. The molecular weight excluding hydrogens is 392 g/mol. The van der Waals surface area contributed by atoms with Crippen LogP contribution in [0.25, 0.3) is 10.9 Å². The largest absolute Gasteiger partial charge is 0.354 e. The van der Waals surface area contributed by atoms with Crippen LogP contribution >= 0.6 is 0 Å². The van der Waals surface area contributed by atoms with Gasteiger partial charge in [0.05, 0.1) is 13.1 Å². The van der Waals surface area contributed by atoms with Crippen LogP contribution in [-0.2, 0) is 22.6 Å². The summed E-state index contributed by atoms with van der Waals surface area (Å²) in [6.07, 6.45) is 0.721. The maximum atomic E-state index is 13.0. The van der Waals surface area contributed by atoms with Gasteiger partial charge in [-0.3, -0.25) is 14.4 Å². The fourth-order valence-electron chi connectivity index (χ4n) is 4.00. The summed E-state index contributed by atoms with van der Waals surface area (Å²) in [5, 5.41) is 6.48. The number of amides is 3. The van der Waals surface area contributed by atoms with Gasteiger partial charge < -0.3 is 20.1 Å². The fraction of sp³-hybridized carbons (Fsp3) is 0.292. The van der Waals surface area contributed by atoms with Gasteiger partial charge in [-0.2, -0.15) is 0 Å². The molecular formula is C24H26N4O3. The summed E-state index contributed by atoms with van der Waals surface area (Å²) >= 11 is 0. The Hall–Kier alpha value is -3.61. The van der Waals surface area contributed by atoms with Crippen LogP contribution in [0.3, 0.4) is 0 Å². The number of likely N-dealkylation sites (N-methyl/N-ethyl adjacent to an activating group) is 1. The molecule has 1 aliphatic heterocycles. The Kier molecular flexibility index (Phi) is 5.50. The summed E-state index contributed by atoms with van der Waals surface area (Å²) in [6.45, 7) is 2.41. The number of aromatic nitrogens is 1. The normalized spacial score (nSPS) is 18.0. The van der Waals surface area contributed by atoms with Gasteiger partial charge in [-0.15, -0.1) is 0 Å². The van der Waals surface area contributed by atoms with Crippen LogP contribution in [0.1, 0.15) is 23.0 Å². The van der Waals surface area contributed by atoms with Gasteiger partial charge >= 0.3 is 0 Å². The topological polar surface area (TPSA) is 83.4 Å². The van der Waals surface area contributed by atoms with Crippen LogP contribution in [0.5, 0.6) is 0 Å². The van der Waals surface area contributed by atoms with Gasteiger partial charge in [0, 0.05) is 24.5 Å². The van der Waals surface area contributed by atoms with E-state index in [-0.39, 0.29) is 24.3 Å². The van der Waals surface area contributed by atoms with E-state index >= 15 is 0 Å². The average molecular weight is 418 g/mol. The van der Waals surface area contributed by atoms with Crippen molar-refractivity contribution in [2.45, 2.75) is 25.4 Å². The predicted molar refractivity (Wildman–Crippen MR) is 119 cm³/mol. The van der Waals surface area contributed by atoms with Crippen molar-refractivity contribution in [1.82, 2.24) is 20.1 Å². The number of benzene rings is 2. The molecule has 160 valence electrons. The van der Waals surface area contributed by atoms with Crippen molar-refractivity contribution in [1.29, 1.82) is 0 Å². The highest BCUT2D eigenvalue weighted by atomic mass is 16.2. The lowest BCUT2D eigenvalue weighted by atomic mass is 9.95. The zero-order valence-corrected chi connectivity index (χ0v) is 17.7. The Morgan fingerprint density at radius 2 is 1.74 bits per heavy atom. The van der Waals surface area contributed by atoms with Crippen molar-refractivity contribution in [3.05, 3.63) is 71.9 Å². The summed E-state index contributed by atoms with van der Waals surface area (Å²) in [6, 6.07) is 19.4. The summed E-state index contributed by atoms with van der Waals surface area (Å²) in [5.74, 6) is -0.831. The maximum absolute atomic E-state index is 13.0. The first kappa shape index (κ1) is 20.7. The Morgan fingerprint density at radius 1 is 1.03 bits per heavy atom. The van der Waals surface area contributed by atoms with E-state index in [0.717, 1.165) is 22.9 Å². The lowest BCUT2D eigenvalue weighted by Gasteiger charge is -2.41. The van der Waals surface area contributed by atoms with Crippen molar-refractivity contribution >= 4 is 28.6 Å². The van der Waals surface area contributed by atoms with Gasteiger partial charge in [-0.05, 0) is 31.0 Å². The number of carbonyl (C=O) groups excluding carboxylic acids is 3. The van der Waals surface area contributed by atoms with Crippen LogP contribution in [0.4, 0.5) is 0 Å². The van der Waals surface area contributed by atoms with Crippen molar-refractivity contribution in [3.8, 4) is 0 Å². The van der Waals surface area contributed by atoms with E-state index in [4.69, 9.17) is 0 Å². The number of hydrogen-bond acceptors (Lipinski definition) is 3. The molecule has 0 saturated carbocycles. The fourth-order valence-corrected chi connectivity index (χ4v) is 4.00. The number of nitrogens with one attached hydrogen (secondary N) is 2. The molecule has 0 saturated heterocycles. The molecule has 7 heteroatoms. The third-order valence-electron chi connectivity index (χ3n) is 6.02. The van der Waals surface area contributed by atoms with E-state index in [1.54, 1.807) is 14.0 Å². The van der Waals surface area contributed by atoms with Gasteiger partial charge in [-0.1, -0.05) is 48.5 Å². The van der Waals surface area contributed by atoms with E-state index < -0.39 is 5.54 Å². The molecule has 4 rings (SSSR count). The van der Waals surface area contributed by atoms with Gasteiger partial charge in [0.1, 0.15) is 11.2 Å². The monoisotopic (exact) mass is 418 g/mol. The van der Waals surface area contributed by atoms with Gasteiger partial charge in [0.25, 0.3) is 5.91 Å². The molecule has 7 nitrogen and oxygen atoms in total. The van der Waals surface area contributed by atoms with E-state index in [0.29, 0.717) is 18.8 Å². The molecule has 0 radical (unpaired) electrons. The first-order valence-corrected chi connectivity index (χ1v) is 10.4. The minimum absolute atomic E-state index is 0.134. The van der Waals surface area contributed by atoms with Crippen molar-refractivity contribution in [2.24, 2.45) is 0 Å². The highest BCUT2D eigenvalue weighted by Gasteiger charge is 2.45. The number of hydrogen-bond donors (Lipinski definition) is 2. The van der Waals surface area contributed by atoms with Crippen LogP contribution in [0.2, 0.25) is 0 Å². The highest BCUT2D eigenvalue weighted by molar-refractivity contribution is 6.03. The Bertz CT molecular complexity index is 1140. The summed E-state index contributed by atoms with van der Waals surface area (Å²) in [4.78, 5) is 39.7. The molecule has 0 fully saturated rings. The van der Waals surface area contributed by atoms with Crippen molar-refractivity contribution in [2.75, 3.05) is 20.1 Å². The summed E-state index contributed by atoms with van der Waals surface area (Å²) in [7, 11) is 1.63. The summed E-state index contributed by atoms with van der Waals surface area (Å²) in [5.41, 5.74) is 1.51. The quantitative estimate of drug-likeness (QED) is 0.642. The van der Waals surface area contributed by atoms with E-state index in [2.05, 4.69) is 10.6 Å². The minimum atomic E-state index is -1.10. The molecule has 1 aromatic heterocycles. The number of rotatable bonds is 6. The van der Waals surface area contributed by atoms with Crippen molar-refractivity contribution in [3.63, 3.8) is 0 Å². The predicted octanol–water partition coefficient (Wildman–Crippen LogP) is 1.96. The molecule has 0 spiro atoms. The molecule has 3 aromatic rings. The first-order valence-electron chi connectivity index (χ1n) is 10.4. The third-order valence-corrected chi connectivity index (χ3v) is 6.02. The molecule has 2 aromatic carbocycles. The molecule has 31 heavy (non-hydrogen) atoms. The first-order chi connectivity index (χ1) is 14.9. The smallest absolute Gasteiger partial charge is 0.271 e.